The molecule has 2 nitrogen and oxygen atoms in total. The third-order valence-electron chi connectivity index (χ3n) is 6.03. The van der Waals surface area contributed by atoms with E-state index in [0.29, 0.717) is 17.6 Å². The number of ketones is 1. The van der Waals surface area contributed by atoms with Gasteiger partial charge in [-0.05, 0) is 44.7 Å². The molecule has 2 heteroatoms. The van der Waals surface area contributed by atoms with Crippen molar-refractivity contribution in [3.05, 3.63) is 0 Å². The van der Waals surface area contributed by atoms with Crippen LogP contribution in [0.4, 0.5) is 0 Å². The molecule has 0 aromatic heterocycles. The fourth-order valence-corrected chi connectivity index (χ4v) is 4.89. The maximum absolute atomic E-state index is 13.4. The summed E-state index contributed by atoms with van der Waals surface area (Å²) in [5, 5.41) is 0. The average molecular weight is 279 g/mol. The van der Waals surface area contributed by atoms with Crippen LogP contribution in [0.2, 0.25) is 0 Å². The summed E-state index contributed by atoms with van der Waals surface area (Å²) in [6, 6.07) is 0. The lowest BCUT2D eigenvalue weighted by molar-refractivity contribution is -0.138. The molecule has 0 bridgehead atoms. The summed E-state index contributed by atoms with van der Waals surface area (Å²) in [5.41, 5.74) is -0.0983. The van der Waals surface area contributed by atoms with Crippen LogP contribution in [0.1, 0.15) is 78.6 Å². The van der Waals surface area contributed by atoms with Crippen LogP contribution in [0.15, 0.2) is 0 Å². The zero-order valence-electron chi connectivity index (χ0n) is 13.8. The number of hydrogen-bond donors (Lipinski definition) is 0. The van der Waals surface area contributed by atoms with E-state index in [0.717, 1.165) is 32.4 Å². The molecule has 0 aliphatic heterocycles. The highest BCUT2D eigenvalue weighted by atomic mass is 16.1. The van der Waals surface area contributed by atoms with Crippen molar-refractivity contribution in [1.82, 2.24) is 4.90 Å². The van der Waals surface area contributed by atoms with Crippen LogP contribution in [0.3, 0.4) is 0 Å². The Morgan fingerprint density at radius 2 is 1.60 bits per heavy atom. The normalized spacial score (nSPS) is 29.8. The van der Waals surface area contributed by atoms with Gasteiger partial charge in [-0.15, -0.1) is 0 Å². The van der Waals surface area contributed by atoms with Crippen LogP contribution in [-0.4, -0.2) is 29.3 Å². The van der Waals surface area contributed by atoms with E-state index >= 15 is 0 Å². The van der Waals surface area contributed by atoms with Crippen LogP contribution in [0.5, 0.6) is 0 Å². The molecule has 0 N–H and O–H groups in total. The number of Topliss-reactive ketones (excluding diaryl/α,β-unsaturated/α-hetero) is 1. The summed E-state index contributed by atoms with van der Waals surface area (Å²) >= 11 is 0. The molecule has 0 radical (unpaired) electrons. The van der Waals surface area contributed by atoms with Crippen LogP contribution in [0, 0.1) is 11.8 Å². The van der Waals surface area contributed by atoms with Crippen molar-refractivity contribution >= 4 is 5.78 Å². The Morgan fingerprint density at radius 3 is 2.15 bits per heavy atom. The highest BCUT2D eigenvalue weighted by Gasteiger charge is 2.48. The van der Waals surface area contributed by atoms with Crippen molar-refractivity contribution in [2.45, 2.75) is 84.1 Å². The van der Waals surface area contributed by atoms with Gasteiger partial charge in [-0.2, -0.15) is 0 Å². The van der Waals surface area contributed by atoms with Crippen molar-refractivity contribution in [1.29, 1.82) is 0 Å². The fourth-order valence-electron chi connectivity index (χ4n) is 4.89. The minimum Gasteiger partial charge on any atom is -0.297 e. The molecule has 0 saturated heterocycles. The average Bonchev–Trinajstić information content (AvgIpc) is 2.98. The lowest BCUT2D eigenvalue weighted by Crippen LogP contribution is -2.56. The van der Waals surface area contributed by atoms with Crippen LogP contribution >= 0.6 is 0 Å². The quantitative estimate of drug-likeness (QED) is 0.717. The van der Waals surface area contributed by atoms with Gasteiger partial charge in [-0.3, -0.25) is 9.69 Å². The molecule has 116 valence electrons. The zero-order chi connectivity index (χ0) is 14.6. The van der Waals surface area contributed by atoms with Crippen LogP contribution in [-0.2, 0) is 4.79 Å². The van der Waals surface area contributed by atoms with Gasteiger partial charge in [0.15, 0.2) is 5.78 Å². The molecule has 0 aromatic rings. The predicted octanol–water partition coefficient (Wildman–Crippen LogP) is 4.43. The molecule has 2 aliphatic carbocycles. The van der Waals surface area contributed by atoms with Gasteiger partial charge in [0.25, 0.3) is 0 Å². The first-order chi connectivity index (χ1) is 9.69. The van der Waals surface area contributed by atoms with E-state index in [2.05, 4.69) is 25.7 Å². The van der Waals surface area contributed by atoms with Gasteiger partial charge < -0.3 is 0 Å². The zero-order valence-corrected chi connectivity index (χ0v) is 13.8. The standard InChI is InChI=1S/C18H33NO/c1-4-15-11-7-8-12-16(15)17(20)18(13-9-10-14-18)19(5-2)6-3/h15-16H,4-14H2,1-3H3. The lowest BCUT2D eigenvalue weighted by atomic mass is 9.70. The van der Waals surface area contributed by atoms with Gasteiger partial charge >= 0.3 is 0 Å². The second-order valence-corrected chi connectivity index (χ2v) is 6.83. The second-order valence-electron chi connectivity index (χ2n) is 6.83. The number of carbonyl (C=O) groups is 1. The molecule has 2 fully saturated rings. The summed E-state index contributed by atoms with van der Waals surface area (Å²) in [6.45, 7) is 8.75. The minimum atomic E-state index is -0.0983. The van der Waals surface area contributed by atoms with Crippen molar-refractivity contribution in [3.63, 3.8) is 0 Å². The highest BCUT2D eigenvalue weighted by Crippen LogP contribution is 2.43. The molecule has 2 unspecified atom stereocenters. The topological polar surface area (TPSA) is 20.3 Å². The van der Waals surface area contributed by atoms with E-state index in [-0.39, 0.29) is 5.54 Å². The Bertz CT molecular complexity index is 315. The van der Waals surface area contributed by atoms with Gasteiger partial charge in [0, 0.05) is 5.92 Å². The van der Waals surface area contributed by atoms with E-state index in [1.807, 2.05) is 0 Å². The monoisotopic (exact) mass is 279 g/mol. The van der Waals surface area contributed by atoms with Gasteiger partial charge in [0.2, 0.25) is 0 Å². The first kappa shape index (κ1) is 16.0. The van der Waals surface area contributed by atoms with Crippen molar-refractivity contribution in [2.24, 2.45) is 11.8 Å². The number of rotatable bonds is 6. The SMILES string of the molecule is CCC1CCCCC1C(=O)C1(N(CC)CC)CCCC1. The van der Waals surface area contributed by atoms with E-state index in [9.17, 15) is 4.79 Å². The first-order valence-electron chi connectivity index (χ1n) is 8.99. The second kappa shape index (κ2) is 7.06. The summed E-state index contributed by atoms with van der Waals surface area (Å²) in [4.78, 5) is 15.9. The molecule has 0 aromatic carbocycles. The molecule has 0 heterocycles. The molecule has 0 amide bonds. The Hall–Kier alpha value is -0.370. The van der Waals surface area contributed by atoms with E-state index in [1.54, 1.807) is 0 Å². The number of likely N-dealkylation sites (N-methyl/N-ethyl adjacent to an activating group) is 1. The van der Waals surface area contributed by atoms with Crippen LogP contribution < -0.4 is 0 Å². The fraction of sp³-hybridized carbons (Fsp3) is 0.944. The van der Waals surface area contributed by atoms with Crippen LogP contribution in [0.25, 0.3) is 0 Å². The molecule has 2 aliphatic rings. The van der Waals surface area contributed by atoms with Gasteiger partial charge in [-0.25, -0.2) is 0 Å². The third-order valence-corrected chi connectivity index (χ3v) is 6.03. The number of hydrogen-bond acceptors (Lipinski definition) is 2. The molecular formula is C18H33NO. The molecule has 2 atom stereocenters. The van der Waals surface area contributed by atoms with Gasteiger partial charge in [-0.1, -0.05) is 52.9 Å². The highest BCUT2D eigenvalue weighted by molar-refractivity contribution is 5.91. The summed E-state index contributed by atoms with van der Waals surface area (Å²) in [5.74, 6) is 1.63. The summed E-state index contributed by atoms with van der Waals surface area (Å²) in [7, 11) is 0. The molecular weight excluding hydrogens is 246 g/mol. The smallest absolute Gasteiger partial charge is 0.156 e. The van der Waals surface area contributed by atoms with E-state index < -0.39 is 0 Å². The molecule has 2 saturated carbocycles. The van der Waals surface area contributed by atoms with Crippen molar-refractivity contribution in [2.75, 3.05) is 13.1 Å². The van der Waals surface area contributed by atoms with Crippen molar-refractivity contribution < 1.29 is 4.79 Å². The Labute approximate surface area is 125 Å². The van der Waals surface area contributed by atoms with E-state index in [1.165, 1.54) is 38.5 Å². The Morgan fingerprint density at radius 1 is 1.00 bits per heavy atom. The molecule has 2 rings (SSSR count). The molecule has 20 heavy (non-hydrogen) atoms. The number of nitrogens with zero attached hydrogens (tertiary/aromatic N) is 1. The number of carbonyl (C=O) groups excluding carboxylic acids is 1. The lowest BCUT2D eigenvalue weighted by Gasteiger charge is -2.43. The largest absolute Gasteiger partial charge is 0.297 e. The van der Waals surface area contributed by atoms with Crippen molar-refractivity contribution in [3.8, 4) is 0 Å². The third kappa shape index (κ3) is 2.81. The molecule has 0 spiro atoms. The maximum atomic E-state index is 13.4. The van der Waals surface area contributed by atoms with Gasteiger partial charge in [0.1, 0.15) is 0 Å². The Kier molecular flexibility index (Phi) is 5.65. The maximum Gasteiger partial charge on any atom is 0.156 e. The Balaban J connectivity index is 2.22. The first-order valence-corrected chi connectivity index (χ1v) is 8.99. The minimum absolute atomic E-state index is 0.0983. The summed E-state index contributed by atoms with van der Waals surface area (Å²) < 4.78 is 0. The van der Waals surface area contributed by atoms with Gasteiger partial charge in [0.05, 0.1) is 5.54 Å². The van der Waals surface area contributed by atoms with E-state index in [4.69, 9.17) is 0 Å². The predicted molar refractivity (Wildman–Crippen MR) is 84.9 cm³/mol. The summed E-state index contributed by atoms with van der Waals surface area (Å²) in [6.07, 6.45) is 10.9.